The number of benzene rings is 1. The number of aliphatic hydroxyl groups excluding tert-OH is 1. The molecule has 1 aromatic carbocycles. The third-order valence-electron chi connectivity index (χ3n) is 2.29. The number of pyridine rings is 1. The standard InChI is InChI=1S/C13H12BrNOS/c1-9(16)10-6-7-15-13(8-10)17-12-5-3-2-4-11(12)14/h2-9,16H,1H3/t9-/m1/s1. The van der Waals surface area contributed by atoms with Crippen molar-refractivity contribution in [3.63, 3.8) is 0 Å². The summed E-state index contributed by atoms with van der Waals surface area (Å²) >= 11 is 5.08. The summed E-state index contributed by atoms with van der Waals surface area (Å²) in [5.74, 6) is 0. The zero-order valence-electron chi connectivity index (χ0n) is 9.30. The molecule has 1 heterocycles. The molecular weight excluding hydrogens is 298 g/mol. The molecule has 0 aliphatic rings. The van der Waals surface area contributed by atoms with E-state index in [2.05, 4.69) is 20.9 Å². The molecule has 0 bridgehead atoms. The van der Waals surface area contributed by atoms with Crippen molar-refractivity contribution in [2.45, 2.75) is 22.9 Å². The minimum atomic E-state index is -0.462. The lowest BCUT2D eigenvalue weighted by molar-refractivity contribution is 0.199. The van der Waals surface area contributed by atoms with Gasteiger partial charge in [0.05, 0.1) is 6.10 Å². The fraction of sp³-hybridized carbons (Fsp3) is 0.154. The number of nitrogens with zero attached hydrogens (tertiary/aromatic N) is 1. The summed E-state index contributed by atoms with van der Waals surface area (Å²) in [5, 5.41) is 10.4. The average Bonchev–Trinajstić information content (AvgIpc) is 2.32. The SMILES string of the molecule is C[C@@H](O)c1ccnc(Sc2ccccc2Br)c1. The smallest absolute Gasteiger partial charge is 0.101 e. The second-order valence-electron chi connectivity index (χ2n) is 3.64. The molecule has 1 atom stereocenters. The molecular formula is C13H12BrNOS. The Morgan fingerprint density at radius 2 is 2.06 bits per heavy atom. The third kappa shape index (κ3) is 3.31. The highest BCUT2D eigenvalue weighted by molar-refractivity contribution is 9.10. The van der Waals surface area contributed by atoms with Gasteiger partial charge in [-0.1, -0.05) is 23.9 Å². The van der Waals surface area contributed by atoms with E-state index in [9.17, 15) is 5.11 Å². The first-order chi connectivity index (χ1) is 8.16. The molecule has 0 saturated carbocycles. The Balaban J connectivity index is 2.25. The first-order valence-corrected chi connectivity index (χ1v) is 6.84. The van der Waals surface area contributed by atoms with Gasteiger partial charge in [0.1, 0.15) is 5.03 Å². The number of rotatable bonds is 3. The Kier molecular flexibility index (Phi) is 4.20. The summed E-state index contributed by atoms with van der Waals surface area (Å²) in [6.45, 7) is 1.75. The van der Waals surface area contributed by atoms with Crippen LogP contribution in [-0.2, 0) is 0 Å². The van der Waals surface area contributed by atoms with Crippen LogP contribution < -0.4 is 0 Å². The Morgan fingerprint density at radius 3 is 2.76 bits per heavy atom. The van der Waals surface area contributed by atoms with Crippen molar-refractivity contribution in [3.05, 3.63) is 52.6 Å². The minimum absolute atomic E-state index is 0.462. The molecule has 0 aliphatic heterocycles. The normalized spacial score (nSPS) is 12.4. The fourth-order valence-electron chi connectivity index (χ4n) is 1.38. The zero-order chi connectivity index (χ0) is 12.3. The van der Waals surface area contributed by atoms with Crippen LogP contribution in [0.5, 0.6) is 0 Å². The highest BCUT2D eigenvalue weighted by atomic mass is 79.9. The summed E-state index contributed by atoms with van der Waals surface area (Å²) in [6, 6.07) is 11.7. The summed E-state index contributed by atoms with van der Waals surface area (Å²) < 4.78 is 1.05. The molecule has 0 aliphatic carbocycles. The average molecular weight is 310 g/mol. The van der Waals surface area contributed by atoms with Crippen molar-refractivity contribution in [3.8, 4) is 0 Å². The van der Waals surface area contributed by atoms with E-state index in [-0.39, 0.29) is 0 Å². The molecule has 88 valence electrons. The van der Waals surface area contributed by atoms with Crippen LogP contribution in [0.25, 0.3) is 0 Å². The van der Waals surface area contributed by atoms with E-state index in [1.54, 1.807) is 24.9 Å². The predicted molar refractivity (Wildman–Crippen MR) is 73.1 cm³/mol. The van der Waals surface area contributed by atoms with Crippen LogP contribution >= 0.6 is 27.7 Å². The van der Waals surface area contributed by atoms with Crippen LogP contribution in [0.4, 0.5) is 0 Å². The second kappa shape index (κ2) is 5.67. The van der Waals surface area contributed by atoms with Gasteiger partial charge < -0.3 is 5.11 Å². The molecule has 2 aromatic rings. The van der Waals surface area contributed by atoms with Gasteiger partial charge in [-0.3, -0.25) is 0 Å². The second-order valence-corrected chi connectivity index (χ2v) is 5.55. The van der Waals surface area contributed by atoms with Gasteiger partial charge >= 0.3 is 0 Å². The lowest BCUT2D eigenvalue weighted by Crippen LogP contribution is -1.92. The highest BCUT2D eigenvalue weighted by Gasteiger charge is 2.05. The predicted octanol–water partition coefficient (Wildman–Crippen LogP) is 4.05. The van der Waals surface area contributed by atoms with Gasteiger partial charge in [-0.05, 0) is 52.7 Å². The maximum Gasteiger partial charge on any atom is 0.101 e. The molecule has 0 spiro atoms. The van der Waals surface area contributed by atoms with Crippen molar-refractivity contribution in [1.29, 1.82) is 0 Å². The van der Waals surface area contributed by atoms with E-state index in [0.29, 0.717) is 0 Å². The number of halogens is 1. The van der Waals surface area contributed by atoms with Crippen LogP contribution in [0.15, 0.2) is 57.0 Å². The van der Waals surface area contributed by atoms with Gasteiger partial charge in [0, 0.05) is 15.6 Å². The fourth-order valence-corrected chi connectivity index (χ4v) is 2.75. The summed E-state index contributed by atoms with van der Waals surface area (Å²) in [7, 11) is 0. The van der Waals surface area contributed by atoms with E-state index >= 15 is 0 Å². The first kappa shape index (κ1) is 12.6. The van der Waals surface area contributed by atoms with Gasteiger partial charge in [-0.2, -0.15) is 0 Å². The van der Waals surface area contributed by atoms with E-state index in [1.165, 1.54) is 0 Å². The van der Waals surface area contributed by atoms with Crippen molar-refractivity contribution < 1.29 is 5.11 Å². The molecule has 1 aromatic heterocycles. The lowest BCUT2D eigenvalue weighted by atomic mass is 10.2. The number of hydrogen-bond donors (Lipinski definition) is 1. The van der Waals surface area contributed by atoms with Gasteiger partial charge in [-0.15, -0.1) is 0 Å². The Labute approximate surface area is 113 Å². The van der Waals surface area contributed by atoms with Crippen LogP contribution in [0.2, 0.25) is 0 Å². The summed E-state index contributed by atoms with van der Waals surface area (Å²) in [5.41, 5.74) is 0.884. The van der Waals surface area contributed by atoms with Crippen molar-refractivity contribution in [2.75, 3.05) is 0 Å². The van der Waals surface area contributed by atoms with Crippen LogP contribution in [0.3, 0.4) is 0 Å². The van der Waals surface area contributed by atoms with Gasteiger partial charge in [0.25, 0.3) is 0 Å². The van der Waals surface area contributed by atoms with E-state index in [1.807, 2.05) is 36.4 Å². The van der Waals surface area contributed by atoms with E-state index in [4.69, 9.17) is 0 Å². The van der Waals surface area contributed by atoms with Crippen molar-refractivity contribution >= 4 is 27.7 Å². The molecule has 0 radical (unpaired) electrons. The lowest BCUT2D eigenvalue weighted by Gasteiger charge is -2.07. The molecule has 1 N–H and O–H groups in total. The summed E-state index contributed by atoms with van der Waals surface area (Å²) in [6.07, 6.45) is 1.26. The van der Waals surface area contributed by atoms with Gasteiger partial charge in [0.2, 0.25) is 0 Å². The van der Waals surface area contributed by atoms with Crippen LogP contribution in [0, 0.1) is 0 Å². The maximum absolute atomic E-state index is 9.52. The quantitative estimate of drug-likeness (QED) is 0.928. The highest BCUT2D eigenvalue weighted by Crippen LogP contribution is 2.32. The largest absolute Gasteiger partial charge is 0.389 e. The Bertz CT molecular complexity index is 516. The molecule has 0 fully saturated rings. The number of aliphatic hydroxyl groups is 1. The molecule has 0 amide bonds. The number of aromatic nitrogens is 1. The Morgan fingerprint density at radius 1 is 1.29 bits per heavy atom. The molecule has 0 saturated heterocycles. The molecule has 2 nitrogen and oxygen atoms in total. The number of hydrogen-bond acceptors (Lipinski definition) is 3. The van der Waals surface area contributed by atoms with Crippen molar-refractivity contribution in [2.24, 2.45) is 0 Å². The zero-order valence-corrected chi connectivity index (χ0v) is 11.7. The minimum Gasteiger partial charge on any atom is -0.389 e. The first-order valence-electron chi connectivity index (χ1n) is 5.23. The van der Waals surface area contributed by atoms with Gasteiger partial charge in [-0.25, -0.2) is 4.98 Å². The van der Waals surface area contributed by atoms with Crippen molar-refractivity contribution in [1.82, 2.24) is 4.98 Å². The summed E-state index contributed by atoms with van der Waals surface area (Å²) in [4.78, 5) is 5.40. The molecule has 17 heavy (non-hydrogen) atoms. The Hall–Kier alpha value is -0.840. The molecule has 4 heteroatoms. The molecule has 0 unspecified atom stereocenters. The van der Waals surface area contributed by atoms with Gasteiger partial charge in [0.15, 0.2) is 0 Å². The van der Waals surface area contributed by atoms with E-state index < -0.39 is 6.10 Å². The third-order valence-corrected chi connectivity index (χ3v) is 4.25. The van der Waals surface area contributed by atoms with Crippen LogP contribution in [0.1, 0.15) is 18.6 Å². The maximum atomic E-state index is 9.52. The topological polar surface area (TPSA) is 33.1 Å². The van der Waals surface area contributed by atoms with E-state index in [0.717, 1.165) is 20.0 Å². The monoisotopic (exact) mass is 309 g/mol. The van der Waals surface area contributed by atoms with Crippen LogP contribution in [-0.4, -0.2) is 10.1 Å². The molecule has 2 rings (SSSR count).